The molecule has 3 saturated heterocycles. The summed E-state index contributed by atoms with van der Waals surface area (Å²) in [6.07, 6.45) is 6.14. The molecule has 212 valence electrons. The van der Waals surface area contributed by atoms with Gasteiger partial charge in [-0.05, 0) is 52.2 Å². The zero-order valence-corrected chi connectivity index (χ0v) is 23.3. The van der Waals surface area contributed by atoms with Crippen molar-refractivity contribution >= 4 is 34.8 Å². The van der Waals surface area contributed by atoms with Gasteiger partial charge < -0.3 is 19.1 Å². The van der Waals surface area contributed by atoms with Crippen LogP contribution in [-0.2, 0) is 9.53 Å². The van der Waals surface area contributed by atoms with Crippen molar-refractivity contribution in [1.82, 2.24) is 24.7 Å². The van der Waals surface area contributed by atoms with E-state index in [1.165, 1.54) is 0 Å². The monoisotopic (exact) mass is 542 g/mol. The zero-order chi connectivity index (χ0) is 27.9. The first-order chi connectivity index (χ1) is 18.4. The summed E-state index contributed by atoms with van der Waals surface area (Å²) in [6.45, 7) is 10.6. The third-order valence-corrected chi connectivity index (χ3v) is 7.99. The van der Waals surface area contributed by atoms with Crippen molar-refractivity contribution in [3.8, 4) is 0 Å². The van der Waals surface area contributed by atoms with Gasteiger partial charge in [0.15, 0.2) is 0 Å². The Bertz CT molecular complexity index is 1250. The van der Waals surface area contributed by atoms with E-state index in [-0.39, 0.29) is 24.5 Å². The molecule has 10 nitrogen and oxygen atoms in total. The van der Waals surface area contributed by atoms with Crippen molar-refractivity contribution in [3.05, 3.63) is 24.0 Å². The van der Waals surface area contributed by atoms with Gasteiger partial charge in [-0.25, -0.2) is 19.0 Å². The van der Waals surface area contributed by atoms with Crippen molar-refractivity contribution in [3.63, 3.8) is 0 Å². The summed E-state index contributed by atoms with van der Waals surface area (Å²) in [7, 11) is 0. The minimum atomic E-state index is -1.30. The van der Waals surface area contributed by atoms with Crippen molar-refractivity contribution < 1.29 is 23.5 Å². The molecule has 0 atom stereocenters. The van der Waals surface area contributed by atoms with E-state index in [0.29, 0.717) is 44.7 Å². The third kappa shape index (κ3) is 6.03. The number of piperidine rings is 2. The maximum Gasteiger partial charge on any atom is 0.410 e. The molecule has 0 spiro atoms. The maximum atomic E-state index is 15.7. The van der Waals surface area contributed by atoms with Gasteiger partial charge in [-0.2, -0.15) is 0 Å². The molecule has 3 fully saturated rings. The van der Waals surface area contributed by atoms with E-state index >= 15 is 4.39 Å². The number of nitrogens with one attached hydrogen (secondary N) is 1. The number of aryl methyl sites for hydroxylation is 1. The van der Waals surface area contributed by atoms with E-state index in [2.05, 4.69) is 21.0 Å². The average molecular weight is 543 g/mol. The van der Waals surface area contributed by atoms with Gasteiger partial charge >= 0.3 is 12.1 Å². The molecule has 0 saturated carbocycles. The number of alkyl halides is 1. The van der Waals surface area contributed by atoms with Crippen molar-refractivity contribution in [2.24, 2.45) is 0 Å². The Morgan fingerprint density at radius 2 is 1.85 bits per heavy atom. The summed E-state index contributed by atoms with van der Waals surface area (Å²) in [5.41, 5.74) is 0.771. The SMILES string of the molecule is Cc1cn(C2CCN(CC3(F)CCN(C(=O)OC(C)(C)C)CC3)CC2)c2ncc(N3CCC(=O)NC3=O)cc12. The van der Waals surface area contributed by atoms with Crippen LogP contribution in [0.3, 0.4) is 0 Å². The Morgan fingerprint density at radius 3 is 2.49 bits per heavy atom. The number of amides is 4. The quantitative estimate of drug-likeness (QED) is 0.623. The molecule has 11 heteroatoms. The highest BCUT2D eigenvalue weighted by atomic mass is 19.1. The molecule has 0 unspecified atom stereocenters. The number of hydrogen-bond acceptors (Lipinski definition) is 6. The number of imide groups is 1. The second-order valence-corrected chi connectivity index (χ2v) is 12.2. The fourth-order valence-electron chi connectivity index (χ4n) is 5.85. The number of carbonyl (C=O) groups excluding carboxylic acids is 3. The number of fused-ring (bicyclic) bond motifs is 1. The molecule has 0 bridgehead atoms. The molecule has 5 rings (SSSR count). The number of carbonyl (C=O) groups is 3. The van der Waals surface area contributed by atoms with E-state index in [1.54, 1.807) is 16.0 Å². The summed E-state index contributed by atoms with van der Waals surface area (Å²) in [5, 5.41) is 3.34. The Balaban J connectivity index is 1.18. The van der Waals surface area contributed by atoms with Gasteiger partial charge in [0.25, 0.3) is 0 Å². The minimum absolute atomic E-state index is 0.260. The molecule has 0 aliphatic carbocycles. The first kappa shape index (κ1) is 27.4. The molecular weight excluding hydrogens is 503 g/mol. The molecule has 4 amide bonds. The topological polar surface area (TPSA) is 100 Å². The Labute approximate surface area is 228 Å². The molecule has 3 aliphatic heterocycles. The standard InChI is InChI=1S/C28H39FN6O4/c1-19-17-35(24-22(19)15-21(16-30-24)34-12-7-23(36)31-25(34)37)20-5-10-32(11-6-20)18-28(29)8-13-33(14-9-28)26(38)39-27(2,3)4/h15-17,20H,5-14,18H2,1-4H3,(H,31,36,37). The number of nitrogens with zero attached hydrogens (tertiary/aromatic N) is 5. The van der Waals surface area contributed by atoms with Gasteiger partial charge in [0.1, 0.15) is 16.9 Å². The van der Waals surface area contributed by atoms with Crippen molar-refractivity contribution in [1.29, 1.82) is 0 Å². The first-order valence-electron chi connectivity index (χ1n) is 13.9. The smallest absolute Gasteiger partial charge is 0.410 e. The maximum absolute atomic E-state index is 15.7. The Hall–Kier alpha value is -3.21. The predicted octanol–water partition coefficient (Wildman–Crippen LogP) is 4.17. The number of anilines is 1. The fraction of sp³-hybridized carbons (Fsp3) is 0.643. The zero-order valence-electron chi connectivity index (χ0n) is 23.3. The lowest BCUT2D eigenvalue weighted by molar-refractivity contribution is -0.120. The second kappa shape index (κ2) is 10.4. The number of urea groups is 1. The molecule has 3 aliphatic rings. The van der Waals surface area contributed by atoms with Gasteiger partial charge in [0.2, 0.25) is 5.91 Å². The van der Waals surface area contributed by atoms with Crippen LogP contribution < -0.4 is 10.2 Å². The summed E-state index contributed by atoms with van der Waals surface area (Å²) >= 11 is 0. The molecule has 0 aromatic carbocycles. The normalized spacial score (nSPS) is 21.4. The van der Waals surface area contributed by atoms with Gasteiger partial charge in [-0.3, -0.25) is 15.0 Å². The van der Waals surface area contributed by atoms with E-state index in [0.717, 1.165) is 42.5 Å². The Morgan fingerprint density at radius 1 is 1.15 bits per heavy atom. The molecule has 2 aromatic heterocycles. The molecule has 2 aromatic rings. The second-order valence-electron chi connectivity index (χ2n) is 12.2. The van der Waals surface area contributed by atoms with Crippen LogP contribution in [0, 0.1) is 6.92 Å². The number of hydrogen-bond donors (Lipinski definition) is 1. The van der Waals surface area contributed by atoms with Gasteiger partial charge in [-0.15, -0.1) is 0 Å². The first-order valence-corrected chi connectivity index (χ1v) is 13.9. The van der Waals surface area contributed by atoms with Gasteiger partial charge in [0, 0.05) is 76.2 Å². The van der Waals surface area contributed by atoms with Crippen LogP contribution in [0.25, 0.3) is 11.0 Å². The predicted molar refractivity (Wildman–Crippen MR) is 146 cm³/mol. The highest BCUT2D eigenvalue weighted by Crippen LogP contribution is 2.34. The molecular formula is C28H39FN6O4. The van der Waals surface area contributed by atoms with Gasteiger partial charge in [0.05, 0.1) is 11.9 Å². The highest BCUT2D eigenvalue weighted by molar-refractivity contribution is 6.06. The van der Waals surface area contributed by atoms with E-state index in [1.807, 2.05) is 33.8 Å². The van der Waals surface area contributed by atoms with Crippen LogP contribution in [0.2, 0.25) is 0 Å². The lowest BCUT2D eigenvalue weighted by Gasteiger charge is -2.41. The van der Waals surface area contributed by atoms with Crippen molar-refractivity contribution in [2.75, 3.05) is 44.2 Å². The lowest BCUT2D eigenvalue weighted by atomic mass is 9.91. The number of rotatable bonds is 4. The van der Waals surface area contributed by atoms with Crippen LogP contribution in [0.15, 0.2) is 18.5 Å². The summed E-state index contributed by atoms with van der Waals surface area (Å²) in [5.74, 6) is -0.260. The van der Waals surface area contributed by atoms with E-state index < -0.39 is 17.3 Å². The van der Waals surface area contributed by atoms with Crippen LogP contribution in [-0.4, -0.2) is 87.9 Å². The fourth-order valence-corrected chi connectivity index (χ4v) is 5.85. The van der Waals surface area contributed by atoms with E-state index in [4.69, 9.17) is 9.72 Å². The molecule has 1 N–H and O–H groups in total. The summed E-state index contributed by atoms with van der Waals surface area (Å²) in [4.78, 5) is 46.2. The third-order valence-electron chi connectivity index (χ3n) is 7.99. The Kier molecular flexibility index (Phi) is 7.30. The number of pyridine rings is 1. The molecule has 5 heterocycles. The van der Waals surface area contributed by atoms with Gasteiger partial charge in [-0.1, -0.05) is 0 Å². The molecule has 39 heavy (non-hydrogen) atoms. The summed E-state index contributed by atoms with van der Waals surface area (Å²) in [6, 6.07) is 1.81. The van der Waals surface area contributed by atoms with E-state index in [9.17, 15) is 14.4 Å². The lowest BCUT2D eigenvalue weighted by Crippen LogP contribution is -2.51. The number of aromatic nitrogens is 2. The average Bonchev–Trinajstić information content (AvgIpc) is 3.19. The van der Waals surface area contributed by atoms with Crippen LogP contribution in [0.4, 0.5) is 19.7 Å². The minimum Gasteiger partial charge on any atom is -0.444 e. The largest absolute Gasteiger partial charge is 0.444 e. The molecule has 0 radical (unpaired) electrons. The van der Waals surface area contributed by atoms with Crippen LogP contribution >= 0.6 is 0 Å². The number of likely N-dealkylation sites (tertiary alicyclic amines) is 2. The van der Waals surface area contributed by atoms with Crippen molar-refractivity contribution in [2.45, 2.75) is 77.1 Å². The number of ether oxygens (including phenoxy) is 1. The summed E-state index contributed by atoms with van der Waals surface area (Å²) < 4.78 is 23.4. The number of halogens is 1. The van der Waals surface area contributed by atoms with Crippen LogP contribution in [0.1, 0.15) is 64.5 Å². The highest BCUT2D eigenvalue weighted by Gasteiger charge is 2.39. The van der Waals surface area contributed by atoms with Crippen LogP contribution in [0.5, 0.6) is 0 Å².